The van der Waals surface area contributed by atoms with Crippen molar-refractivity contribution in [3.05, 3.63) is 27.1 Å². The summed E-state index contributed by atoms with van der Waals surface area (Å²) in [5.41, 5.74) is 0.875. The Labute approximate surface area is 95.3 Å². The number of carboxylic acids is 1. The summed E-state index contributed by atoms with van der Waals surface area (Å²) in [7, 11) is 0. The molecule has 16 heavy (non-hydrogen) atoms. The quantitative estimate of drug-likeness (QED) is 0.633. The van der Waals surface area contributed by atoms with Crippen LogP contribution in [0.4, 0.5) is 5.00 Å². The molecule has 7 heteroatoms. The van der Waals surface area contributed by atoms with E-state index in [1.165, 1.54) is 0 Å². The highest BCUT2D eigenvalue weighted by molar-refractivity contribution is 7.13. The van der Waals surface area contributed by atoms with Crippen LogP contribution in [0.15, 0.2) is 11.4 Å². The van der Waals surface area contributed by atoms with Crippen LogP contribution in [0.2, 0.25) is 0 Å². The van der Waals surface area contributed by atoms with Crippen molar-refractivity contribution in [2.45, 2.75) is 6.54 Å². The van der Waals surface area contributed by atoms with E-state index >= 15 is 0 Å². The van der Waals surface area contributed by atoms with Crippen LogP contribution in [0, 0.1) is 16.0 Å². The van der Waals surface area contributed by atoms with Gasteiger partial charge in [-0.1, -0.05) is 11.3 Å². The van der Waals surface area contributed by atoms with Crippen molar-refractivity contribution in [1.82, 2.24) is 4.90 Å². The molecular formula is C9H10N2O4S. The Balaban J connectivity index is 1.87. The lowest BCUT2D eigenvalue weighted by atomic mass is 10.0. The summed E-state index contributed by atoms with van der Waals surface area (Å²) in [4.78, 5) is 22.6. The monoisotopic (exact) mass is 242 g/mol. The van der Waals surface area contributed by atoms with Crippen molar-refractivity contribution < 1.29 is 14.8 Å². The van der Waals surface area contributed by atoms with E-state index in [9.17, 15) is 14.9 Å². The van der Waals surface area contributed by atoms with Gasteiger partial charge in [-0.2, -0.15) is 0 Å². The molecule has 0 amide bonds. The van der Waals surface area contributed by atoms with E-state index in [2.05, 4.69) is 0 Å². The first-order valence-corrected chi connectivity index (χ1v) is 5.61. The molecule has 0 radical (unpaired) electrons. The predicted molar refractivity (Wildman–Crippen MR) is 57.4 cm³/mol. The topological polar surface area (TPSA) is 83.7 Å². The number of hydrogen-bond acceptors (Lipinski definition) is 5. The molecule has 0 bridgehead atoms. The fraction of sp³-hybridized carbons (Fsp3) is 0.444. The molecule has 2 heterocycles. The second-order valence-corrected chi connectivity index (χ2v) is 4.67. The minimum atomic E-state index is -0.771. The predicted octanol–water partition coefficient (Wildman–Crippen LogP) is 1.17. The summed E-state index contributed by atoms with van der Waals surface area (Å²) < 4.78 is 0. The maximum absolute atomic E-state index is 10.6. The first-order valence-electron chi connectivity index (χ1n) is 4.73. The molecule has 6 nitrogen and oxygen atoms in total. The molecule has 0 aliphatic carbocycles. The van der Waals surface area contributed by atoms with Crippen molar-refractivity contribution in [3.63, 3.8) is 0 Å². The SMILES string of the molecule is O=C(O)C1CN(Cc2csc([N+](=O)[O-])c2)C1. The van der Waals surface area contributed by atoms with Crippen LogP contribution in [-0.4, -0.2) is 34.0 Å². The minimum absolute atomic E-state index is 0.130. The van der Waals surface area contributed by atoms with E-state index in [0.717, 1.165) is 16.9 Å². The van der Waals surface area contributed by atoms with Crippen molar-refractivity contribution in [2.75, 3.05) is 13.1 Å². The number of rotatable bonds is 4. The summed E-state index contributed by atoms with van der Waals surface area (Å²) >= 11 is 1.10. The van der Waals surface area contributed by atoms with Gasteiger partial charge in [0.2, 0.25) is 0 Å². The Morgan fingerprint density at radius 3 is 2.88 bits per heavy atom. The number of carboxylic acid groups (broad SMARTS) is 1. The molecule has 2 rings (SSSR count). The van der Waals surface area contributed by atoms with E-state index in [-0.39, 0.29) is 10.9 Å². The van der Waals surface area contributed by atoms with Gasteiger partial charge in [-0.15, -0.1) is 0 Å². The van der Waals surface area contributed by atoms with Gasteiger partial charge < -0.3 is 5.11 Å². The summed E-state index contributed by atoms with van der Waals surface area (Å²) in [6.45, 7) is 1.64. The standard InChI is InChI=1S/C9H10N2O4S/c12-9(13)7-3-10(4-7)2-6-1-8(11(14)15)16-5-6/h1,5,7H,2-4H2,(H,12,13). The molecule has 1 N–H and O–H groups in total. The Morgan fingerprint density at radius 1 is 1.69 bits per heavy atom. The fourth-order valence-corrected chi connectivity index (χ4v) is 2.37. The number of likely N-dealkylation sites (tertiary alicyclic amines) is 1. The Morgan fingerprint density at radius 2 is 2.38 bits per heavy atom. The van der Waals surface area contributed by atoms with Gasteiger partial charge in [0.1, 0.15) is 0 Å². The Kier molecular flexibility index (Phi) is 2.88. The van der Waals surface area contributed by atoms with Crippen LogP contribution in [0.25, 0.3) is 0 Å². The number of carbonyl (C=O) groups is 1. The summed E-state index contributed by atoms with van der Waals surface area (Å²) in [5.74, 6) is -1.05. The smallest absolute Gasteiger partial charge is 0.324 e. The molecule has 0 aromatic carbocycles. The summed E-state index contributed by atoms with van der Waals surface area (Å²) in [6, 6.07) is 1.54. The zero-order chi connectivity index (χ0) is 11.7. The third-order valence-electron chi connectivity index (χ3n) is 2.53. The normalized spacial score (nSPS) is 17.0. The van der Waals surface area contributed by atoms with Crippen LogP contribution >= 0.6 is 11.3 Å². The molecule has 1 aliphatic rings. The molecule has 0 unspecified atom stereocenters. The van der Waals surface area contributed by atoms with Gasteiger partial charge in [0.25, 0.3) is 0 Å². The second-order valence-electron chi connectivity index (χ2n) is 3.78. The van der Waals surface area contributed by atoms with Crippen LogP contribution < -0.4 is 0 Å². The lowest BCUT2D eigenvalue weighted by molar-refractivity contribution is -0.380. The van der Waals surface area contributed by atoms with Crippen molar-refractivity contribution >= 4 is 22.3 Å². The van der Waals surface area contributed by atoms with Gasteiger partial charge in [0.05, 0.1) is 10.8 Å². The van der Waals surface area contributed by atoms with Crippen molar-refractivity contribution in [1.29, 1.82) is 0 Å². The summed E-state index contributed by atoms with van der Waals surface area (Å²) in [6.07, 6.45) is 0. The van der Waals surface area contributed by atoms with E-state index in [4.69, 9.17) is 5.11 Å². The molecule has 86 valence electrons. The van der Waals surface area contributed by atoms with Crippen molar-refractivity contribution in [2.24, 2.45) is 5.92 Å². The molecule has 1 fully saturated rings. The average Bonchev–Trinajstić information content (AvgIpc) is 2.58. The number of nitrogens with zero attached hydrogens (tertiary/aromatic N) is 2. The van der Waals surface area contributed by atoms with Crippen LogP contribution in [0.5, 0.6) is 0 Å². The first kappa shape index (κ1) is 11.0. The molecule has 1 aliphatic heterocycles. The summed E-state index contributed by atoms with van der Waals surface area (Å²) in [5, 5.41) is 21.0. The molecule has 0 atom stereocenters. The molecule has 0 saturated carbocycles. The van der Waals surface area contributed by atoms with E-state index in [0.29, 0.717) is 19.6 Å². The zero-order valence-electron chi connectivity index (χ0n) is 8.33. The molecular weight excluding hydrogens is 232 g/mol. The molecule has 1 saturated heterocycles. The third kappa shape index (κ3) is 2.20. The van der Waals surface area contributed by atoms with Crippen molar-refractivity contribution in [3.8, 4) is 0 Å². The van der Waals surface area contributed by atoms with Gasteiger partial charge in [-0.25, -0.2) is 0 Å². The van der Waals surface area contributed by atoms with E-state index in [1.807, 2.05) is 4.90 Å². The fourth-order valence-electron chi connectivity index (χ4n) is 1.65. The third-order valence-corrected chi connectivity index (χ3v) is 3.46. The minimum Gasteiger partial charge on any atom is -0.481 e. The molecule has 1 aromatic heterocycles. The first-order chi connectivity index (χ1) is 7.56. The van der Waals surface area contributed by atoms with Gasteiger partial charge >= 0.3 is 11.0 Å². The average molecular weight is 242 g/mol. The molecule has 0 spiro atoms. The highest BCUT2D eigenvalue weighted by atomic mass is 32.1. The highest BCUT2D eigenvalue weighted by Crippen LogP contribution is 2.26. The second kappa shape index (κ2) is 4.18. The number of hydrogen-bond donors (Lipinski definition) is 1. The van der Waals surface area contributed by atoms with Gasteiger partial charge in [0, 0.05) is 31.1 Å². The van der Waals surface area contributed by atoms with Crippen LogP contribution in [0.1, 0.15) is 5.56 Å². The van der Waals surface area contributed by atoms with Crippen LogP contribution in [0.3, 0.4) is 0 Å². The zero-order valence-corrected chi connectivity index (χ0v) is 9.14. The Hall–Kier alpha value is -1.47. The van der Waals surface area contributed by atoms with E-state index < -0.39 is 10.9 Å². The number of nitro groups is 1. The van der Waals surface area contributed by atoms with E-state index in [1.54, 1.807) is 11.4 Å². The largest absolute Gasteiger partial charge is 0.481 e. The molecule has 1 aromatic rings. The highest BCUT2D eigenvalue weighted by Gasteiger charge is 2.32. The van der Waals surface area contributed by atoms with Gasteiger partial charge in [0.15, 0.2) is 0 Å². The maximum Gasteiger partial charge on any atom is 0.324 e. The lowest BCUT2D eigenvalue weighted by Crippen LogP contribution is -2.49. The maximum atomic E-state index is 10.6. The lowest BCUT2D eigenvalue weighted by Gasteiger charge is -2.36. The van der Waals surface area contributed by atoms with Crippen LogP contribution in [-0.2, 0) is 11.3 Å². The van der Waals surface area contributed by atoms with Gasteiger partial charge in [-0.3, -0.25) is 19.8 Å². The number of thiophene rings is 1. The number of aliphatic carboxylic acids is 1. The van der Waals surface area contributed by atoms with Gasteiger partial charge in [-0.05, 0) is 5.56 Å². The Bertz CT molecular complexity index is 425.